The standard InChI is InChI=1S/C9H10ClN3/c1-2-3-6-4-11-9-7(6)8(10)12-5-13-9/h4-5H,2-3H2,1H3,(H,11,12,13)/p+1. The van der Waals surface area contributed by atoms with Gasteiger partial charge in [-0.2, -0.15) is 0 Å². The molecule has 0 bridgehead atoms. The zero-order valence-electron chi connectivity index (χ0n) is 7.39. The second-order valence-corrected chi connectivity index (χ2v) is 3.37. The van der Waals surface area contributed by atoms with Crippen LogP contribution in [0.3, 0.4) is 0 Å². The Labute approximate surface area is 81.2 Å². The highest BCUT2D eigenvalue weighted by Crippen LogP contribution is 2.22. The highest BCUT2D eigenvalue weighted by molar-refractivity contribution is 6.34. The van der Waals surface area contributed by atoms with E-state index in [4.69, 9.17) is 11.6 Å². The maximum absolute atomic E-state index is 5.99. The molecular weight excluding hydrogens is 186 g/mol. The van der Waals surface area contributed by atoms with E-state index in [0.29, 0.717) is 5.15 Å². The smallest absolute Gasteiger partial charge is 0.235 e. The van der Waals surface area contributed by atoms with E-state index in [1.165, 1.54) is 5.56 Å². The molecular formula is C9H11ClN3+. The van der Waals surface area contributed by atoms with E-state index < -0.39 is 0 Å². The molecule has 0 spiro atoms. The van der Waals surface area contributed by atoms with E-state index >= 15 is 0 Å². The number of nitrogens with one attached hydrogen (secondary N) is 2. The van der Waals surface area contributed by atoms with Gasteiger partial charge < -0.3 is 0 Å². The molecule has 4 heteroatoms. The minimum absolute atomic E-state index is 0.568. The SMILES string of the molecule is CCCc1c[nH]c2[nH+]cnc(Cl)c12. The lowest BCUT2D eigenvalue weighted by Crippen LogP contribution is -2.04. The fourth-order valence-corrected chi connectivity index (χ4v) is 1.76. The Balaban J connectivity index is 2.64. The molecule has 2 heterocycles. The molecule has 0 aromatic carbocycles. The lowest BCUT2D eigenvalue weighted by atomic mass is 10.1. The van der Waals surface area contributed by atoms with Gasteiger partial charge in [0, 0.05) is 5.56 Å². The number of aryl methyl sites for hydroxylation is 1. The second-order valence-electron chi connectivity index (χ2n) is 3.01. The van der Waals surface area contributed by atoms with Crippen molar-refractivity contribution in [2.24, 2.45) is 0 Å². The van der Waals surface area contributed by atoms with Crippen molar-refractivity contribution in [3.8, 4) is 0 Å². The molecule has 13 heavy (non-hydrogen) atoms. The number of halogens is 1. The van der Waals surface area contributed by atoms with Crippen molar-refractivity contribution >= 4 is 22.6 Å². The van der Waals surface area contributed by atoms with Gasteiger partial charge in [-0.1, -0.05) is 18.3 Å². The Kier molecular flexibility index (Phi) is 2.19. The number of nitrogens with zero attached hydrogens (tertiary/aromatic N) is 1. The number of fused-ring (bicyclic) bond motifs is 1. The minimum Gasteiger partial charge on any atom is -0.279 e. The Hall–Kier alpha value is -1.09. The number of rotatable bonds is 2. The topological polar surface area (TPSA) is 42.8 Å². The van der Waals surface area contributed by atoms with Gasteiger partial charge >= 0.3 is 0 Å². The zero-order chi connectivity index (χ0) is 9.26. The summed E-state index contributed by atoms with van der Waals surface area (Å²) in [5.74, 6) is 0. The molecule has 0 unspecified atom stereocenters. The summed E-state index contributed by atoms with van der Waals surface area (Å²) in [6.07, 6.45) is 5.71. The molecule has 0 fully saturated rings. The monoisotopic (exact) mass is 196 g/mol. The number of H-pyrrole nitrogens is 2. The van der Waals surface area contributed by atoms with Crippen LogP contribution >= 0.6 is 11.6 Å². The van der Waals surface area contributed by atoms with Crippen molar-refractivity contribution in [1.82, 2.24) is 9.97 Å². The fourth-order valence-electron chi connectivity index (χ4n) is 1.50. The van der Waals surface area contributed by atoms with Crippen LogP contribution in [-0.2, 0) is 6.42 Å². The molecule has 0 amide bonds. The first-order chi connectivity index (χ1) is 6.33. The minimum atomic E-state index is 0.568. The van der Waals surface area contributed by atoms with Gasteiger partial charge in [-0.05, 0) is 18.0 Å². The van der Waals surface area contributed by atoms with E-state index in [1.807, 2.05) is 6.20 Å². The number of hydrogen-bond donors (Lipinski definition) is 1. The van der Waals surface area contributed by atoms with Crippen molar-refractivity contribution in [2.75, 3.05) is 0 Å². The molecule has 2 N–H and O–H groups in total. The van der Waals surface area contributed by atoms with Gasteiger partial charge in [-0.25, -0.2) is 4.98 Å². The normalized spacial score (nSPS) is 10.9. The number of aromatic amines is 2. The van der Waals surface area contributed by atoms with Crippen LogP contribution in [0.5, 0.6) is 0 Å². The molecule has 0 aliphatic carbocycles. The Morgan fingerprint density at radius 3 is 3.23 bits per heavy atom. The molecule has 68 valence electrons. The third-order valence-corrected chi connectivity index (χ3v) is 2.36. The van der Waals surface area contributed by atoms with Gasteiger partial charge in [0.2, 0.25) is 17.1 Å². The van der Waals surface area contributed by atoms with Crippen molar-refractivity contribution in [2.45, 2.75) is 19.8 Å². The van der Waals surface area contributed by atoms with Crippen molar-refractivity contribution in [3.05, 3.63) is 23.2 Å². The van der Waals surface area contributed by atoms with Crippen molar-refractivity contribution in [1.29, 1.82) is 0 Å². The van der Waals surface area contributed by atoms with Crippen molar-refractivity contribution < 1.29 is 4.98 Å². The Morgan fingerprint density at radius 2 is 2.46 bits per heavy atom. The van der Waals surface area contributed by atoms with Gasteiger partial charge in [0.1, 0.15) is 5.39 Å². The molecule has 2 rings (SSSR count). The molecule has 3 nitrogen and oxygen atoms in total. The highest BCUT2D eigenvalue weighted by atomic mass is 35.5. The summed E-state index contributed by atoms with van der Waals surface area (Å²) in [5, 5.41) is 1.59. The fraction of sp³-hybridized carbons (Fsp3) is 0.333. The third-order valence-electron chi connectivity index (χ3n) is 2.07. The summed E-state index contributed by atoms with van der Waals surface area (Å²) < 4.78 is 0. The van der Waals surface area contributed by atoms with Gasteiger partial charge in [-0.15, -0.1) is 0 Å². The van der Waals surface area contributed by atoms with Crippen LogP contribution in [0.1, 0.15) is 18.9 Å². The lowest BCUT2D eigenvalue weighted by Gasteiger charge is -1.92. The van der Waals surface area contributed by atoms with Crippen LogP contribution in [0.4, 0.5) is 0 Å². The number of aromatic nitrogens is 3. The van der Waals surface area contributed by atoms with Crippen LogP contribution in [0, 0.1) is 0 Å². The van der Waals surface area contributed by atoms with Gasteiger partial charge in [0.05, 0.1) is 6.20 Å². The zero-order valence-corrected chi connectivity index (χ0v) is 8.15. The van der Waals surface area contributed by atoms with Crippen LogP contribution in [0.15, 0.2) is 12.5 Å². The van der Waals surface area contributed by atoms with Gasteiger partial charge in [0.25, 0.3) is 0 Å². The summed E-state index contributed by atoms with van der Waals surface area (Å²) in [7, 11) is 0. The molecule has 0 atom stereocenters. The van der Waals surface area contributed by atoms with E-state index in [2.05, 4.69) is 21.9 Å². The third kappa shape index (κ3) is 1.40. The summed E-state index contributed by atoms with van der Waals surface area (Å²) in [6.45, 7) is 2.15. The lowest BCUT2D eigenvalue weighted by molar-refractivity contribution is -0.352. The second kappa shape index (κ2) is 3.34. The first-order valence-electron chi connectivity index (χ1n) is 4.35. The first kappa shape index (κ1) is 8.51. The van der Waals surface area contributed by atoms with Crippen LogP contribution in [0.25, 0.3) is 11.0 Å². The maximum Gasteiger partial charge on any atom is 0.235 e. The molecule has 0 aliphatic heterocycles. The quantitative estimate of drug-likeness (QED) is 0.734. The predicted molar refractivity (Wildman–Crippen MR) is 51.7 cm³/mol. The average Bonchev–Trinajstić information content (AvgIpc) is 2.51. The summed E-state index contributed by atoms with van der Waals surface area (Å²) in [5.41, 5.74) is 2.18. The largest absolute Gasteiger partial charge is 0.279 e. The molecule has 2 aromatic heterocycles. The Morgan fingerprint density at radius 1 is 1.62 bits per heavy atom. The van der Waals surface area contributed by atoms with E-state index in [9.17, 15) is 0 Å². The van der Waals surface area contributed by atoms with Gasteiger partial charge in [-0.3, -0.25) is 4.98 Å². The molecule has 0 saturated heterocycles. The van der Waals surface area contributed by atoms with Crippen LogP contribution < -0.4 is 4.98 Å². The van der Waals surface area contributed by atoms with Crippen LogP contribution in [0.2, 0.25) is 5.15 Å². The van der Waals surface area contributed by atoms with E-state index in [1.54, 1.807) is 6.33 Å². The average molecular weight is 197 g/mol. The van der Waals surface area contributed by atoms with Crippen molar-refractivity contribution in [3.63, 3.8) is 0 Å². The molecule has 0 saturated carbocycles. The predicted octanol–water partition coefficient (Wildman–Crippen LogP) is 1.98. The van der Waals surface area contributed by atoms with E-state index in [-0.39, 0.29) is 0 Å². The summed E-state index contributed by atoms with van der Waals surface area (Å²) in [4.78, 5) is 10.2. The van der Waals surface area contributed by atoms with Gasteiger partial charge in [0.15, 0.2) is 0 Å². The summed E-state index contributed by atoms with van der Waals surface area (Å²) in [6, 6.07) is 0. The highest BCUT2D eigenvalue weighted by Gasteiger charge is 2.12. The molecule has 0 radical (unpaired) electrons. The first-order valence-corrected chi connectivity index (χ1v) is 4.73. The molecule has 2 aromatic rings. The van der Waals surface area contributed by atoms with E-state index in [0.717, 1.165) is 23.9 Å². The summed E-state index contributed by atoms with van der Waals surface area (Å²) >= 11 is 5.99. The number of hydrogen-bond acceptors (Lipinski definition) is 1. The Bertz CT molecular complexity index is 422. The molecule has 0 aliphatic rings. The maximum atomic E-state index is 5.99. The van der Waals surface area contributed by atoms with Crippen LogP contribution in [-0.4, -0.2) is 9.97 Å².